The van der Waals surface area contributed by atoms with E-state index >= 15 is 0 Å². The van der Waals surface area contributed by atoms with Gasteiger partial charge in [-0.05, 0) is 38.2 Å². The predicted molar refractivity (Wildman–Crippen MR) is 98.0 cm³/mol. The summed E-state index contributed by atoms with van der Waals surface area (Å²) in [7, 11) is 0. The number of benzene rings is 1. The number of hydrogen-bond acceptors (Lipinski definition) is 5. The molecular formula is C17H23NO4S2. The molecule has 7 heteroatoms. The third-order valence-corrected chi connectivity index (χ3v) is 6.78. The molecule has 1 aliphatic rings. The average molecular weight is 370 g/mol. The molecule has 2 N–H and O–H groups in total. The Labute approximate surface area is 150 Å². The molecular weight excluding hydrogens is 346 g/mol. The van der Waals surface area contributed by atoms with E-state index in [1.54, 1.807) is 36.9 Å². The smallest absolute Gasteiger partial charge is 0.316 e. The van der Waals surface area contributed by atoms with Crippen LogP contribution in [0.1, 0.15) is 30.1 Å². The summed E-state index contributed by atoms with van der Waals surface area (Å²) in [6.45, 7) is 3.65. The minimum Gasteiger partial charge on any atom is -0.480 e. The lowest BCUT2D eigenvalue weighted by molar-refractivity contribution is -0.136. The second kappa shape index (κ2) is 8.78. The molecule has 0 aliphatic carbocycles. The summed E-state index contributed by atoms with van der Waals surface area (Å²) in [6.07, 6.45) is 3.90. The van der Waals surface area contributed by atoms with Crippen molar-refractivity contribution in [2.24, 2.45) is 0 Å². The van der Waals surface area contributed by atoms with Crippen molar-refractivity contribution in [3.05, 3.63) is 29.8 Å². The zero-order chi connectivity index (χ0) is 17.6. The van der Waals surface area contributed by atoms with Gasteiger partial charge in [-0.25, -0.2) is 0 Å². The second-order valence-electron chi connectivity index (χ2n) is 5.78. The summed E-state index contributed by atoms with van der Waals surface area (Å²) >= 11 is 2.96. The fourth-order valence-electron chi connectivity index (χ4n) is 2.53. The van der Waals surface area contributed by atoms with Crippen molar-refractivity contribution in [1.29, 1.82) is 0 Å². The zero-order valence-corrected chi connectivity index (χ0v) is 15.5. The normalized spacial score (nSPS) is 17.9. The predicted octanol–water partition coefficient (Wildman–Crippen LogP) is 2.89. The van der Waals surface area contributed by atoms with Gasteiger partial charge in [-0.15, -0.1) is 11.8 Å². The third-order valence-electron chi connectivity index (χ3n) is 4.19. The van der Waals surface area contributed by atoms with Crippen LogP contribution in [0.25, 0.3) is 0 Å². The van der Waals surface area contributed by atoms with Crippen LogP contribution in [0.4, 0.5) is 0 Å². The maximum absolute atomic E-state index is 12.6. The van der Waals surface area contributed by atoms with Gasteiger partial charge in [0.15, 0.2) is 0 Å². The SMILES string of the molecule is CSC1(CNC(=O)c2ccccc2SC(C)C(=O)O)CCOCC1. The lowest BCUT2D eigenvalue weighted by Gasteiger charge is -2.35. The van der Waals surface area contributed by atoms with Crippen molar-refractivity contribution >= 4 is 35.4 Å². The van der Waals surface area contributed by atoms with E-state index < -0.39 is 11.2 Å². The van der Waals surface area contributed by atoms with Crippen molar-refractivity contribution in [3.8, 4) is 0 Å². The Morgan fingerprint density at radius 1 is 1.33 bits per heavy atom. The first-order valence-electron chi connectivity index (χ1n) is 7.87. The lowest BCUT2D eigenvalue weighted by Crippen LogP contribution is -2.44. The van der Waals surface area contributed by atoms with Crippen LogP contribution in [0.2, 0.25) is 0 Å². The van der Waals surface area contributed by atoms with E-state index in [9.17, 15) is 9.59 Å². The molecule has 1 saturated heterocycles. The maximum atomic E-state index is 12.6. The number of carboxylic acids is 1. The van der Waals surface area contributed by atoms with Gasteiger partial charge in [-0.1, -0.05) is 12.1 Å². The van der Waals surface area contributed by atoms with Crippen molar-refractivity contribution in [2.75, 3.05) is 26.0 Å². The Balaban J connectivity index is 2.05. The van der Waals surface area contributed by atoms with Gasteiger partial charge >= 0.3 is 5.97 Å². The van der Waals surface area contributed by atoms with Gasteiger partial charge in [-0.3, -0.25) is 9.59 Å². The van der Waals surface area contributed by atoms with Crippen LogP contribution in [-0.2, 0) is 9.53 Å². The first-order chi connectivity index (χ1) is 11.5. The molecule has 0 spiro atoms. The Bertz CT molecular complexity index is 588. The Kier molecular flexibility index (Phi) is 7.01. The van der Waals surface area contributed by atoms with E-state index in [4.69, 9.17) is 9.84 Å². The first kappa shape index (κ1) is 19.1. The Morgan fingerprint density at radius 3 is 2.62 bits per heavy atom. The van der Waals surface area contributed by atoms with E-state index in [1.807, 2.05) is 6.07 Å². The molecule has 0 saturated carbocycles. The van der Waals surface area contributed by atoms with Crippen molar-refractivity contribution in [2.45, 2.75) is 34.7 Å². The number of carbonyl (C=O) groups excluding carboxylic acids is 1. The molecule has 1 aromatic rings. The van der Waals surface area contributed by atoms with E-state index in [0.29, 0.717) is 17.0 Å². The highest BCUT2D eigenvalue weighted by atomic mass is 32.2. The number of aliphatic carboxylic acids is 1. The molecule has 1 amide bonds. The van der Waals surface area contributed by atoms with Crippen LogP contribution in [0.3, 0.4) is 0 Å². The van der Waals surface area contributed by atoms with Gasteiger partial charge < -0.3 is 15.2 Å². The zero-order valence-electron chi connectivity index (χ0n) is 13.9. The van der Waals surface area contributed by atoms with Crippen molar-refractivity contribution in [1.82, 2.24) is 5.32 Å². The van der Waals surface area contributed by atoms with E-state index in [-0.39, 0.29) is 10.7 Å². The molecule has 1 aromatic carbocycles. The van der Waals surface area contributed by atoms with Gasteiger partial charge in [0, 0.05) is 29.4 Å². The third kappa shape index (κ3) is 4.91. The minimum atomic E-state index is -0.890. The quantitative estimate of drug-likeness (QED) is 0.720. The summed E-state index contributed by atoms with van der Waals surface area (Å²) in [6, 6.07) is 7.14. The van der Waals surface area contributed by atoms with Crippen LogP contribution in [0.15, 0.2) is 29.2 Å². The summed E-state index contributed by atoms with van der Waals surface area (Å²) in [5.74, 6) is -1.05. The number of nitrogens with one attached hydrogen (secondary N) is 1. The number of carboxylic acid groups (broad SMARTS) is 1. The molecule has 2 rings (SSSR count). The van der Waals surface area contributed by atoms with Crippen LogP contribution in [0, 0.1) is 0 Å². The molecule has 0 aromatic heterocycles. The largest absolute Gasteiger partial charge is 0.480 e. The molecule has 132 valence electrons. The fraction of sp³-hybridized carbons (Fsp3) is 0.529. The highest BCUT2D eigenvalue weighted by Gasteiger charge is 2.32. The molecule has 0 radical (unpaired) electrons. The van der Waals surface area contributed by atoms with Crippen LogP contribution < -0.4 is 5.32 Å². The molecule has 24 heavy (non-hydrogen) atoms. The minimum absolute atomic E-state index is 0.0182. The fourth-order valence-corrected chi connectivity index (χ4v) is 4.25. The summed E-state index contributed by atoms with van der Waals surface area (Å²) in [4.78, 5) is 24.4. The number of amides is 1. The summed E-state index contributed by atoms with van der Waals surface area (Å²) < 4.78 is 5.44. The number of carbonyl (C=O) groups is 2. The molecule has 0 bridgehead atoms. The molecule has 1 heterocycles. The molecule has 1 unspecified atom stereocenters. The number of hydrogen-bond donors (Lipinski definition) is 2. The topological polar surface area (TPSA) is 75.6 Å². The molecule has 1 atom stereocenters. The molecule has 1 aliphatic heterocycles. The first-order valence-corrected chi connectivity index (χ1v) is 9.97. The highest BCUT2D eigenvalue weighted by Crippen LogP contribution is 2.33. The molecule has 1 fully saturated rings. The number of ether oxygens (including phenoxy) is 1. The standard InChI is InChI=1S/C17H23NO4S2/c1-12(16(20)21)24-14-6-4-3-5-13(14)15(19)18-11-17(23-2)7-9-22-10-8-17/h3-6,12H,7-11H2,1-2H3,(H,18,19)(H,20,21). The number of rotatable bonds is 7. The van der Waals surface area contributed by atoms with Crippen LogP contribution in [0.5, 0.6) is 0 Å². The molecule has 5 nitrogen and oxygen atoms in total. The highest BCUT2D eigenvalue weighted by molar-refractivity contribution is 8.00. The van der Waals surface area contributed by atoms with Gasteiger partial charge in [0.05, 0.1) is 5.56 Å². The Hall–Kier alpha value is -1.18. The van der Waals surface area contributed by atoms with E-state index in [2.05, 4.69) is 11.6 Å². The van der Waals surface area contributed by atoms with Gasteiger partial charge in [-0.2, -0.15) is 11.8 Å². The van der Waals surface area contributed by atoms with Gasteiger partial charge in [0.2, 0.25) is 0 Å². The second-order valence-corrected chi connectivity index (χ2v) is 8.43. The average Bonchev–Trinajstić information content (AvgIpc) is 2.61. The summed E-state index contributed by atoms with van der Waals surface area (Å²) in [5.41, 5.74) is 0.527. The summed E-state index contributed by atoms with van der Waals surface area (Å²) in [5, 5.41) is 11.5. The van der Waals surface area contributed by atoms with E-state index in [1.165, 1.54) is 11.8 Å². The number of thioether (sulfide) groups is 2. The van der Waals surface area contributed by atoms with Gasteiger partial charge in [0.1, 0.15) is 5.25 Å². The van der Waals surface area contributed by atoms with Crippen molar-refractivity contribution in [3.63, 3.8) is 0 Å². The van der Waals surface area contributed by atoms with Gasteiger partial charge in [0.25, 0.3) is 5.91 Å². The Morgan fingerprint density at radius 2 is 2.00 bits per heavy atom. The van der Waals surface area contributed by atoms with Crippen LogP contribution in [-0.4, -0.2) is 53.0 Å². The van der Waals surface area contributed by atoms with Crippen LogP contribution >= 0.6 is 23.5 Å². The van der Waals surface area contributed by atoms with Crippen molar-refractivity contribution < 1.29 is 19.4 Å². The lowest BCUT2D eigenvalue weighted by atomic mass is 9.99. The van der Waals surface area contributed by atoms with E-state index in [0.717, 1.165) is 26.1 Å². The maximum Gasteiger partial charge on any atom is 0.316 e. The monoisotopic (exact) mass is 369 g/mol.